The second-order valence-corrected chi connectivity index (χ2v) is 3.46. The van der Waals surface area contributed by atoms with E-state index in [0.29, 0.717) is 24.2 Å². The van der Waals surface area contributed by atoms with Gasteiger partial charge in [-0.05, 0) is 18.9 Å². The van der Waals surface area contributed by atoms with Gasteiger partial charge in [-0.1, -0.05) is 0 Å². The molecule has 0 bridgehead atoms. The lowest BCUT2D eigenvalue weighted by molar-refractivity contribution is -0.140. The third kappa shape index (κ3) is 1.14. The van der Waals surface area contributed by atoms with Crippen molar-refractivity contribution in [3.8, 4) is 5.75 Å². The van der Waals surface area contributed by atoms with Crippen molar-refractivity contribution >= 4 is 5.97 Å². The Labute approximate surface area is 81.5 Å². The number of pyridine rings is 1. The molecule has 0 amide bonds. The average molecular weight is 193 g/mol. The molecule has 1 saturated carbocycles. The van der Waals surface area contributed by atoms with Crippen LogP contribution >= 0.6 is 0 Å². The van der Waals surface area contributed by atoms with E-state index in [-0.39, 0.29) is 0 Å². The highest BCUT2D eigenvalue weighted by atomic mass is 16.5. The molecule has 1 aliphatic rings. The SMILES string of the molecule is COc1ccncc1C1(C(=O)O)CC1. The third-order valence-corrected chi connectivity index (χ3v) is 2.68. The Kier molecular flexibility index (Phi) is 1.91. The summed E-state index contributed by atoms with van der Waals surface area (Å²) in [6.45, 7) is 0. The predicted octanol–water partition coefficient (Wildman–Crippen LogP) is 1.21. The zero-order chi connectivity index (χ0) is 10.2. The summed E-state index contributed by atoms with van der Waals surface area (Å²) in [5.41, 5.74) is -0.0467. The zero-order valence-corrected chi connectivity index (χ0v) is 7.86. The van der Waals surface area contributed by atoms with Gasteiger partial charge < -0.3 is 9.84 Å². The van der Waals surface area contributed by atoms with E-state index in [9.17, 15) is 4.79 Å². The molecular formula is C10H11NO3. The van der Waals surface area contributed by atoms with Gasteiger partial charge >= 0.3 is 5.97 Å². The molecule has 2 rings (SSSR count). The van der Waals surface area contributed by atoms with Gasteiger partial charge in [0, 0.05) is 18.0 Å². The molecule has 1 aromatic rings. The molecule has 4 nitrogen and oxygen atoms in total. The minimum atomic E-state index is -0.788. The maximum Gasteiger partial charge on any atom is 0.314 e. The van der Waals surface area contributed by atoms with Crippen LogP contribution in [0.1, 0.15) is 18.4 Å². The number of methoxy groups -OCH3 is 1. The number of carbonyl (C=O) groups is 1. The summed E-state index contributed by atoms with van der Waals surface area (Å²) >= 11 is 0. The number of rotatable bonds is 3. The van der Waals surface area contributed by atoms with Crippen molar-refractivity contribution < 1.29 is 14.6 Å². The van der Waals surface area contributed by atoms with E-state index in [1.54, 1.807) is 18.5 Å². The van der Waals surface area contributed by atoms with Gasteiger partial charge in [-0.25, -0.2) is 0 Å². The molecule has 0 unspecified atom stereocenters. The van der Waals surface area contributed by atoms with Crippen molar-refractivity contribution in [1.29, 1.82) is 0 Å². The molecule has 4 heteroatoms. The van der Waals surface area contributed by atoms with Crippen LogP contribution in [0.3, 0.4) is 0 Å². The Hall–Kier alpha value is -1.58. The molecule has 1 fully saturated rings. The van der Waals surface area contributed by atoms with E-state index in [1.165, 1.54) is 7.11 Å². The van der Waals surface area contributed by atoms with Gasteiger partial charge in [0.05, 0.1) is 12.5 Å². The van der Waals surface area contributed by atoms with Crippen molar-refractivity contribution in [2.45, 2.75) is 18.3 Å². The summed E-state index contributed by atoms with van der Waals surface area (Å²) in [5, 5.41) is 9.09. The fraction of sp³-hybridized carbons (Fsp3) is 0.400. The molecular weight excluding hydrogens is 182 g/mol. The molecule has 0 spiro atoms. The molecule has 0 saturated heterocycles. The van der Waals surface area contributed by atoms with Crippen molar-refractivity contribution in [1.82, 2.24) is 4.98 Å². The Morgan fingerprint density at radius 3 is 2.86 bits per heavy atom. The van der Waals surface area contributed by atoms with Crippen molar-refractivity contribution in [3.63, 3.8) is 0 Å². The molecule has 14 heavy (non-hydrogen) atoms. The first-order valence-electron chi connectivity index (χ1n) is 4.42. The van der Waals surface area contributed by atoms with Crippen molar-refractivity contribution in [2.75, 3.05) is 7.11 Å². The first kappa shape index (κ1) is 8.99. The molecule has 0 aliphatic heterocycles. The van der Waals surface area contributed by atoms with E-state index in [2.05, 4.69) is 4.98 Å². The van der Waals surface area contributed by atoms with Crippen LogP contribution in [0.5, 0.6) is 5.75 Å². The summed E-state index contributed by atoms with van der Waals surface area (Å²) < 4.78 is 5.12. The van der Waals surface area contributed by atoms with Crippen LogP contribution in [-0.2, 0) is 10.2 Å². The molecule has 1 aliphatic carbocycles. The zero-order valence-electron chi connectivity index (χ0n) is 7.86. The van der Waals surface area contributed by atoms with Gasteiger partial charge in [-0.3, -0.25) is 9.78 Å². The summed E-state index contributed by atoms with van der Waals surface area (Å²) in [6, 6.07) is 1.69. The Morgan fingerprint density at radius 2 is 2.36 bits per heavy atom. The first-order chi connectivity index (χ1) is 6.70. The molecule has 74 valence electrons. The highest BCUT2D eigenvalue weighted by molar-refractivity contribution is 5.85. The molecule has 0 radical (unpaired) electrons. The normalized spacial score (nSPS) is 17.5. The van der Waals surface area contributed by atoms with Gasteiger partial charge in [0.1, 0.15) is 5.75 Å². The lowest BCUT2D eigenvalue weighted by Crippen LogP contribution is -2.20. The summed E-state index contributed by atoms with van der Waals surface area (Å²) in [5.74, 6) is -0.177. The van der Waals surface area contributed by atoms with E-state index in [4.69, 9.17) is 9.84 Å². The summed E-state index contributed by atoms with van der Waals surface area (Å²) in [4.78, 5) is 15.0. The predicted molar refractivity (Wildman–Crippen MR) is 49.3 cm³/mol. The first-order valence-corrected chi connectivity index (χ1v) is 4.42. The lowest BCUT2D eigenvalue weighted by atomic mass is 9.97. The Bertz CT molecular complexity index is 371. The van der Waals surface area contributed by atoms with E-state index in [1.807, 2.05) is 0 Å². The number of carboxylic acid groups (broad SMARTS) is 1. The number of hydrogen-bond acceptors (Lipinski definition) is 3. The van der Waals surface area contributed by atoms with E-state index in [0.717, 1.165) is 0 Å². The van der Waals surface area contributed by atoms with Crippen LogP contribution in [0.4, 0.5) is 0 Å². The van der Waals surface area contributed by atoms with Crippen molar-refractivity contribution in [2.24, 2.45) is 0 Å². The van der Waals surface area contributed by atoms with Crippen LogP contribution in [0.15, 0.2) is 18.5 Å². The number of aromatic nitrogens is 1. The van der Waals surface area contributed by atoms with Crippen LogP contribution in [0.25, 0.3) is 0 Å². The number of carboxylic acids is 1. The molecule has 1 N–H and O–H groups in total. The largest absolute Gasteiger partial charge is 0.496 e. The Morgan fingerprint density at radius 1 is 1.64 bits per heavy atom. The topological polar surface area (TPSA) is 59.4 Å². The van der Waals surface area contributed by atoms with Crippen molar-refractivity contribution in [3.05, 3.63) is 24.0 Å². The fourth-order valence-corrected chi connectivity index (χ4v) is 1.64. The second kappa shape index (κ2) is 2.97. The summed E-state index contributed by atoms with van der Waals surface area (Å²) in [6.07, 6.45) is 4.52. The lowest BCUT2D eigenvalue weighted by Gasteiger charge is -2.13. The van der Waals surface area contributed by atoms with Gasteiger partial charge in [0.2, 0.25) is 0 Å². The minimum absolute atomic E-state index is 0.611. The maximum atomic E-state index is 11.1. The summed E-state index contributed by atoms with van der Waals surface area (Å²) in [7, 11) is 1.54. The Balaban J connectivity index is 2.46. The van der Waals surface area contributed by atoms with Crippen LogP contribution in [0, 0.1) is 0 Å². The standard InChI is InChI=1S/C10H11NO3/c1-14-8-2-5-11-6-7(8)10(3-4-10)9(12)13/h2,5-6H,3-4H2,1H3,(H,12,13). The second-order valence-electron chi connectivity index (χ2n) is 3.46. The highest BCUT2D eigenvalue weighted by Gasteiger charge is 2.53. The number of hydrogen-bond donors (Lipinski definition) is 1. The highest BCUT2D eigenvalue weighted by Crippen LogP contribution is 2.51. The van der Waals surface area contributed by atoms with E-state index < -0.39 is 11.4 Å². The molecule has 1 heterocycles. The maximum absolute atomic E-state index is 11.1. The minimum Gasteiger partial charge on any atom is -0.496 e. The fourth-order valence-electron chi connectivity index (χ4n) is 1.64. The number of nitrogens with zero attached hydrogens (tertiary/aromatic N) is 1. The van der Waals surface area contributed by atoms with Crippen LogP contribution in [-0.4, -0.2) is 23.2 Å². The quantitative estimate of drug-likeness (QED) is 0.783. The smallest absolute Gasteiger partial charge is 0.314 e. The molecule has 0 aromatic carbocycles. The number of ether oxygens (including phenoxy) is 1. The number of aliphatic carboxylic acids is 1. The van der Waals surface area contributed by atoms with Gasteiger partial charge in [0.25, 0.3) is 0 Å². The third-order valence-electron chi connectivity index (χ3n) is 2.68. The average Bonchev–Trinajstić information content (AvgIpc) is 2.98. The molecule has 0 atom stereocenters. The van der Waals surface area contributed by atoms with Crippen LogP contribution < -0.4 is 4.74 Å². The molecule has 1 aromatic heterocycles. The van der Waals surface area contributed by atoms with Gasteiger partial charge in [-0.15, -0.1) is 0 Å². The van der Waals surface area contributed by atoms with Gasteiger partial charge in [0.15, 0.2) is 0 Å². The monoisotopic (exact) mass is 193 g/mol. The van der Waals surface area contributed by atoms with Gasteiger partial charge in [-0.2, -0.15) is 0 Å². The van der Waals surface area contributed by atoms with Crippen LogP contribution in [0.2, 0.25) is 0 Å². The van der Waals surface area contributed by atoms with E-state index >= 15 is 0 Å².